The zero-order chi connectivity index (χ0) is 14.0. The molecule has 1 amide bonds. The number of aromatic nitrogens is 2. The fourth-order valence-electron chi connectivity index (χ4n) is 2.00. The maximum Gasteiger partial charge on any atom is 0.261 e. The smallest absolute Gasteiger partial charge is 0.261 e. The van der Waals surface area contributed by atoms with E-state index in [1.807, 2.05) is 25.6 Å². The zero-order valence-electron chi connectivity index (χ0n) is 11.2. The minimum Gasteiger partial charge on any atom is -0.351 e. The quantitative estimate of drug-likeness (QED) is 0.943. The van der Waals surface area contributed by atoms with E-state index in [2.05, 4.69) is 10.4 Å². The Balaban J connectivity index is 1.92. The largest absolute Gasteiger partial charge is 0.351 e. The molecule has 0 fully saturated rings. The summed E-state index contributed by atoms with van der Waals surface area (Å²) in [6.07, 6.45) is 0.788. The van der Waals surface area contributed by atoms with Gasteiger partial charge in [-0.05, 0) is 38.0 Å². The van der Waals surface area contributed by atoms with Crippen LogP contribution >= 0.6 is 22.9 Å². The van der Waals surface area contributed by atoms with Crippen molar-refractivity contribution in [3.8, 4) is 0 Å². The van der Waals surface area contributed by atoms with Crippen molar-refractivity contribution in [3.05, 3.63) is 38.3 Å². The molecule has 0 saturated heterocycles. The van der Waals surface area contributed by atoms with Gasteiger partial charge in [-0.2, -0.15) is 5.10 Å². The number of nitrogens with one attached hydrogen (secondary N) is 1. The maximum atomic E-state index is 11.8. The number of carbonyl (C=O) groups excluding carboxylic acids is 1. The Labute approximate surface area is 121 Å². The Kier molecular flexibility index (Phi) is 4.27. The molecule has 0 aliphatic rings. The molecule has 0 saturated carbocycles. The zero-order valence-corrected chi connectivity index (χ0v) is 12.7. The Morgan fingerprint density at radius 1 is 1.47 bits per heavy atom. The second-order valence-corrected chi connectivity index (χ2v) is 6.10. The van der Waals surface area contributed by atoms with Gasteiger partial charge in [0.15, 0.2) is 0 Å². The van der Waals surface area contributed by atoms with Crippen LogP contribution in [0.3, 0.4) is 0 Å². The van der Waals surface area contributed by atoms with E-state index in [1.54, 1.807) is 12.1 Å². The molecular formula is C13H16ClN3OS. The average Bonchev–Trinajstić information content (AvgIpc) is 2.88. The van der Waals surface area contributed by atoms with Gasteiger partial charge in [0.1, 0.15) is 0 Å². The second kappa shape index (κ2) is 5.75. The van der Waals surface area contributed by atoms with Crippen molar-refractivity contribution in [1.82, 2.24) is 15.1 Å². The van der Waals surface area contributed by atoms with Crippen LogP contribution in [0.4, 0.5) is 0 Å². The predicted octanol–water partition coefficient (Wildman–Crippen LogP) is 2.72. The number of amides is 1. The number of hydrogen-bond donors (Lipinski definition) is 1. The van der Waals surface area contributed by atoms with Gasteiger partial charge in [0.25, 0.3) is 5.91 Å². The molecule has 2 aromatic rings. The van der Waals surface area contributed by atoms with Crippen molar-refractivity contribution in [1.29, 1.82) is 0 Å². The van der Waals surface area contributed by atoms with Crippen molar-refractivity contribution in [2.24, 2.45) is 7.05 Å². The molecule has 0 atom stereocenters. The van der Waals surface area contributed by atoms with E-state index in [9.17, 15) is 4.79 Å². The molecule has 0 spiro atoms. The number of hydrogen-bond acceptors (Lipinski definition) is 3. The first-order valence-corrected chi connectivity index (χ1v) is 7.21. The van der Waals surface area contributed by atoms with Crippen molar-refractivity contribution in [2.75, 3.05) is 6.54 Å². The molecule has 1 N–H and O–H groups in total. The van der Waals surface area contributed by atoms with E-state index in [0.717, 1.165) is 17.8 Å². The first-order chi connectivity index (χ1) is 8.99. The topological polar surface area (TPSA) is 46.9 Å². The van der Waals surface area contributed by atoms with Crippen LogP contribution in [0.2, 0.25) is 4.34 Å². The number of aryl methyl sites for hydroxylation is 2. The van der Waals surface area contributed by atoms with Crippen molar-refractivity contribution >= 4 is 28.8 Å². The number of nitrogens with zero attached hydrogens (tertiary/aromatic N) is 2. The summed E-state index contributed by atoms with van der Waals surface area (Å²) < 4.78 is 2.50. The highest BCUT2D eigenvalue weighted by Gasteiger charge is 2.11. The Morgan fingerprint density at radius 3 is 2.74 bits per heavy atom. The lowest BCUT2D eigenvalue weighted by atomic mass is 10.1. The molecule has 0 aliphatic heterocycles. The van der Waals surface area contributed by atoms with Gasteiger partial charge in [-0.15, -0.1) is 11.3 Å². The van der Waals surface area contributed by atoms with Crippen LogP contribution in [0, 0.1) is 13.8 Å². The van der Waals surface area contributed by atoms with Gasteiger partial charge in [0, 0.05) is 19.3 Å². The van der Waals surface area contributed by atoms with Crippen LogP contribution in [-0.4, -0.2) is 22.2 Å². The molecule has 0 bridgehead atoms. The van der Waals surface area contributed by atoms with Gasteiger partial charge in [0.05, 0.1) is 14.9 Å². The SMILES string of the molecule is Cc1nn(C)c(C)c1CCNC(=O)c1ccc(Cl)s1. The monoisotopic (exact) mass is 297 g/mol. The fourth-order valence-corrected chi connectivity index (χ4v) is 2.96. The normalized spacial score (nSPS) is 10.7. The minimum absolute atomic E-state index is 0.0731. The highest BCUT2D eigenvalue weighted by molar-refractivity contribution is 7.17. The lowest BCUT2D eigenvalue weighted by Gasteiger charge is -2.04. The van der Waals surface area contributed by atoms with Crippen LogP contribution in [0.5, 0.6) is 0 Å². The Hall–Kier alpha value is -1.33. The van der Waals surface area contributed by atoms with Crippen LogP contribution in [0.25, 0.3) is 0 Å². The molecule has 0 aromatic carbocycles. The third kappa shape index (κ3) is 3.16. The summed E-state index contributed by atoms with van der Waals surface area (Å²) in [5.74, 6) is -0.0731. The molecule has 4 nitrogen and oxygen atoms in total. The van der Waals surface area contributed by atoms with Gasteiger partial charge >= 0.3 is 0 Å². The number of rotatable bonds is 4. The summed E-state index contributed by atoms with van der Waals surface area (Å²) in [6.45, 7) is 4.63. The van der Waals surface area contributed by atoms with E-state index in [0.29, 0.717) is 15.8 Å². The molecular weight excluding hydrogens is 282 g/mol. The summed E-state index contributed by atoms with van der Waals surface area (Å²) >= 11 is 7.10. The van der Waals surface area contributed by atoms with Gasteiger partial charge in [0.2, 0.25) is 0 Å². The number of thiophene rings is 1. The van der Waals surface area contributed by atoms with Crippen LogP contribution in [-0.2, 0) is 13.5 Å². The van der Waals surface area contributed by atoms with Gasteiger partial charge in [-0.25, -0.2) is 0 Å². The molecule has 2 heterocycles. The molecule has 0 unspecified atom stereocenters. The summed E-state index contributed by atoms with van der Waals surface area (Å²) in [7, 11) is 1.93. The standard InChI is InChI=1S/C13H16ClN3OS/c1-8-10(9(2)17(3)16-8)6-7-15-13(18)11-4-5-12(14)19-11/h4-5H,6-7H2,1-3H3,(H,15,18). The van der Waals surface area contributed by atoms with E-state index in [4.69, 9.17) is 11.6 Å². The van der Waals surface area contributed by atoms with E-state index >= 15 is 0 Å². The summed E-state index contributed by atoms with van der Waals surface area (Å²) in [4.78, 5) is 12.5. The average molecular weight is 298 g/mol. The highest BCUT2D eigenvalue weighted by Crippen LogP contribution is 2.21. The lowest BCUT2D eigenvalue weighted by Crippen LogP contribution is -2.25. The first kappa shape index (κ1) is 14.1. The van der Waals surface area contributed by atoms with E-state index < -0.39 is 0 Å². The van der Waals surface area contributed by atoms with Gasteiger partial charge in [-0.3, -0.25) is 9.48 Å². The summed E-state index contributed by atoms with van der Waals surface area (Å²) in [6, 6.07) is 3.47. The van der Waals surface area contributed by atoms with Crippen molar-refractivity contribution in [2.45, 2.75) is 20.3 Å². The minimum atomic E-state index is -0.0731. The maximum absolute atomic E-state index is 11.8. The van der Waals surface area contributed by atoms with E-state index in [1.165, 1.54) is 16.9 Å². The number of carbonyl (C=O) groups is 1. The van der Waals surface area contributed by atoms with Gasteiger partial charge < -0.3 is 5.32 Å². The molecule has 6 heteroatoms. The van der Waals surface area contributed by atoms with Gasteiger partial charge in [-0.1, -0.05) is 11.6 Å². The van der Waals surface area contributed by atoms with Crippen molar-refractivity contribution < 1.29 is 4.79 Å². The van der Waals surface area contributed by atoms with Crippen LogP contribution in [0.1, 0.15) is 26.6 Å². The third-order valence-corrected chi connectivity index (χ3v) is 4.35. The van der Waals surface area contributed by atoms with Crippen LogP contribution in [0.15, 0.2) is 12.1 Å². The summed E-state index contributed by atoms with van der Waals surface area (Å²) in [5, 5.41) is 7.26. The lowest BCUT2D eigenvalue weighted by molar-refractivity contribution is 0.0958. The predicted molar refractivity (Wildman–Crippen MR) is 78.0 cm³/mol. The highest BCUT2D eigenvalue weighted by atomic mass is 35.5. The molecule has 0 aliphatic carbocycles. The van der Waals surface area contributed by atoms with Crippen LogP contribution < -0.4 is 5.32 Å². The first-order valence-electron chi connectivity index (χ1n) is 6.01. The third-order valence-electron chi connectivity index (χ3n) is 3.12. The summed E-state index contributed by atoms with van der Waals surface area (Å²) in [5.41, 5.74) is 3.37. The Morgan fingerprint density at radius 2 is 2.21 bits per heavy atom. The van der Waals surface area contributed by atoms with Crippen molar-refractivity contribution in [3.63, 3.8) is 0 Å². The van der Waals surface area contributed by atoms with E-state index in [-0.39, 0.29) is 5.91 Å². The fraction of sp³-hybridized carbons (Fsp3) is 0.385. The molecule has 2 aromatic heterocycles. The second-order valence-electron chi connectivity index (χ2n) is 4.38. The number of halogens is 1. The molecule has 19 heavy (non-hydrogen) atoms. The molecule has 2 rings (SSSR count). The Bertz CT molecular complexity index is 603. The molecule has 102 valence electrons. The molecule has 0 radical (unpaired) electrons.